The molecule has 0 bridgehead atoms. The van der Waals surface area contributed by atoms with Crippen molar-refractivity contribution < 1.29 is 14.6 Å². The first-order valence-electron chi connectivity index (χ1n) is 7.92. The molecule has 2 rings (SSSR count). The Bertz CT molecular complexity index is 496. The fourth-order valence-corrected chi connectivity index (χ4v) is 3.19. The molecule has 1 aliphatic carbocycles. The highest BCUT2D eigenvalue weighted by Gasteiger charge is 2.27. The van der Waals surface area contributed by atoms with E-state index in [9.17, 15) is 9.90 Å². The van der Waals surface area contributed by atoms with Crippen molar-refractivity contribution in [2.45, 2.75) is 71.4 Å². The summed E-state index contributed by atoms with van der Waals surface area (Å²) in [5.41, 5.74) is 2.77. The molecule has 2 unspecified atom stereocenters. The summed E-state index contributed by atoms with van der Waals surface area (Å²) in [6, 6.07) is 0.0298. The topological polar surface area (TPSA) is 64.3 Å². The first-order chi connectivity index (χ1) is 10.0. The third-order valence-electron chi connectivity index (χ3n) is 4.36. The molecule has 0 amide bonds. The van der Waals surface area contributed by atoms with Crippen LogP contribution in [0.15, 0.2) is 0 Å². The number of aromatic nitrogens is 2. The number of nitrogens with zero attached hydrogens (tertiary/aromatic N) is 2. The lowest BCUT2D eigenvalue weighted by molar-refractivity contribution is -0.142. The van der Waals surface area contributed by atoms with Gasteiger partial charge in [-0.25, -0.2) is 0 Å². The van der Waals surface area contributed by atoms with E-state index in [1.165, 1.54) is 6.42 Å². The van der Waals surface area contributed by atoms with Gasteiger partial charge in [0.15, 0.2) is 0 Å². The molecule has 1 fully saturated rings. The molecule has 5 nitrogen and oxygen atoms in total. The van der Waals surface area contributed by atoms with E-state index in [2.05, 4.69) is 5.10 Å². The van der Waals surface area contributed by atoms with Crippen LogP contribution in [0, 0.1) is 13.8 Å². The van der Waals surface area contributed by atoms with Crippen LogP contribution in [0.2, 0.25) is 0 Å². The van der Waals surface area contributed by atoms with Crippen LogP contribution in [-0.2, 0) is 16.0 Å². The van der Waals surface area contributed by atoms with Crippen molar-refractivity contribution in [3.8, 4) is 0 Å². The summed E-state index contributed by atoms with van der Waals surface area (Å²) >= 11 is 0. The fourth-order valence-electron chi connectivity index (χ4n) is 3.19. The van der Waals surface area contributed by atoms with Crippen molar-refractivity contribution in [3.05, 3.63) is 17.0 Å². The minimum absolute atomic E-state index is 0.0298. The van der Waals surface area contributed by atoms with E-state index in [-0.39, 0.29) is 24.5 Å². The predicted octanol–water partition coefficient (Wildman–Crippen LogP) is 2.47. The predicted molar refractivity (Wildman–Crippen MR) is 80.2 cm³/mol. The second-order valence-corrected chi connectivity index (χ2v) is 5.85. The Morgan fingerprint density at radius 2 is 2.05 bits per heavy atom. The maximum atomic E-state index is 11.7. The Morgan fingerprint density at radius 3 is 2.76 bits per heavy atom. The quantitative estimate of drug-likeness (QED) is 0.684. The van der Waals surface area contributed by atoms with Gasteiger partial charge in [0, 0.05) is 11.3 Å². The number of hydrogen-bond donors (Lipinski definition) is 1. The molecule has 1 N–H and O–H groups in total. The molecule has 0 saturated heterocycles. The van der Waals surface area contributed by atoms with Gasteiger partial charge in [0.2, 0.25) is 0 Å². The second kappa shape index (κ2) is 7.07. The number of hydrogen-bond acceptors (Lipinski definition) is 4. The number of carbonyl (C=O) groups excluding carboxylic acids is 1. The summed E-state index contributed by atoms with van der Waals surface area (Å²) in [6.07, 6.45) is 5.05. The standard InChI is InChI=1S/C16H26N2O3/c1-4-21-16(20)10-13-11(2)17-18(12(13)3)14-8-6-5-7-9-15(14)19/h14-15,19H,4-10H2,1-3H3. The van der Waals surface area contributed by atoms with Crippen molar-refractivity contribution >= 4 is 5.97 Å². The molecular formula is C16H26N2O3. The van der Waals surface area contributed by atoms with E-state index in [1.54, 1.807) is 0 Å². The van der Waals surface area contributed by atoms with Gasteiger partial charge in [-0.3, -0.25) is 9.48 Å². The van der Waals surface area contributed by atoms with Gasteiger partial charge in [0.25, 0.3) is 0 Å². The molecule has 1 aromatic rings. The summed E-state index contributed by atoms with van der Waals surface area (Å²) in [7, 11) is 0. The number of aryl methyl sites for hydroxylation is 1. The number of rotatable bonds is 4. The molecule has 1 aromatic heterocycles. The van der Waals surface area contributed by atoms with Crippen LogP contribution in [0.4, 0.5) is 0 Å². The van der Waals surface area contributed by atoms with E-state index in [4.69, 9.17) is 4.74 Å². The first-order valence-corrected chi connectivity index (χ1v) is 7.92. The van der Waals surface area contributed by atoms with Gasteiger partial charge in [-0.2, -0.15) is 5.10 Å². The minimum atomic E-state index is -0.346. The summed E-state index contributed by atoms with van der Waals surface area (Å²) in [6.45, 7) is 6.10. The lowest BCUT2D eigenvalue weighted by Crippen LogP contribution is -2.25. The number of carbonyl (C=O) groups is 1. The maximum Gasteiger partial charge on any atom is 0.310 e. The summed E-state index contributed by atoms with van der Waals surface area (Å²) in [5, 5.41) is 14.9. The first kappa shape index (κ1) is 16.0. The number of esters is 1. The van der Waals surface area contributed by atoms with Crippen LogP contribution in [0.1, 0.15) is 62.0 Å². The molecular weight excluding hydrogens is 268 g/mol. The Morgan fingerprint density at radius 1 is 1.33 bits per heavy atom. The van der Waals surface area contributed by atoms with E-state index < -0.39 is 0 Å². The largest absolute Gasteiger partial charge is 0.466 e. The van der Waals surface area contributed by atoms with Crippen molar-refractivity contribution in [3.63, 3.8) is 0 Å². The lowest BCUT2D eigenvalue weighted by atomic mass is 10.1. The van der Waals surface area contributed by atoms with Gasteiger partial charge in [0.1, 0.15) is 0 Å². The van der Waals surface area contributed by atoms with Gasteiger partial charge < -0.3 is 9.84 Å². The van der Waals surface area contributed by atoms with E-state index in [0.29, 0.717) is 6.61 Å². The van der Waals surface area contributed by atoms with E-state index in [0.717, 1.165) is 42.6 Å². The maximum absolute atomic E-state index is 11.7. The molecule has 118 valence electrons. The molecule has 1 saturated carbocycles. The molecule has 1 aliphatic rings. The van der Waals surface area contributed by atoms with Crippen LogP contribution in [-0.4, -0.2) is 33.6 Å². The van der Waals surface area contributed by atoms with Crippen LogP contribution in [0.25, 0.3) is 0 Å². The number of aliphatic hydroxyl groups is 1. The summed E-state index contributed by atoms with van der Waals surface area (Å²) in [5.74, 6) is -0.218. The SMILES string of the molecule is CCOC(=O)Cc1c(C)nn(C2CCCCCC2O)c1C. The van der Waals surface area contributed by atoms with Crippen LogP contribution >= 0.6 is 0 Å². The third kappa shape index (κ3) is 3.64. The zero-order valence-electron chi connectivity index (χ0n) is 13.3. The summed E-state index contributed by atoms with van der Waals surface area (Å²) < 4.78 is 6.96. The molecule has 0 radical (unpaired) electrons. The second-order valence-electron chi connectivity index (χ2n) is 5.85. The number of aliphatic hydroxyl groups excluding tert-OH is 1. The Labute approximate surface area is 126 Å². The van der Waals surface area contributed by atoms with Crippen LogP contribution < -0.4 is 0 Å². The van der Waals surface area contributed by atoms with Crippen LogP contribution in [0.5, 0.6) is 0 Å². The Hall–Kier alpha value is -1.36. The highest BCUT2D eigenvalue weighted by Crippen LogP contribution is 2.30. The molecule has 0 spiro atoms. The van der Waals surface area contributed by atoms with Crippen LogP contribution in [0.3, 0.4) is 0 Å². The molecule has 0 aromatic carbocycles. The van der Waals surface area contributed by atoms with Gasteiger partial charge >= 0.3 is 5.97 Å². The highest BCUT2D eigenvalue weighted by atomic mass is 16.5. The van der Waals surface area contributed by atoms with Crippen molar-refractivity contribution in [2.24, 2.45) is 0 Å². The average molecular weight is 294 g/mol. The van der Waals surface area contributed by atoms with Gasteiger partial charge in [-0.1, -0.05) is 19.3 Å². The fraction of sp³-hybridized carbons (Fsp3) is 0.750. The monoisotopic (exact) mass is 294 g/mol. The minimum Gasteiger partial charge on any atom is -0.466 e. The molecule has 2 atom stereocenters. The highest BCUT2D eigenvalue weighted by molar-refractivity contribution is 5.73. The Kier molecular flexibility index (Phi) is 5.39. The summed E-state index contributed by atoms with van der Waals surface area (Å²) in [4.78, 5) is 11.7. The normalized spacial score (nSPS) is 22.9. The Balaban J connectivity index is 2.23. The van der Waals surface area contributed by atoms with E-state index in [1.807, 2.05) is 25.5 Å². The van der Waals surface area contributed by atoms with Crippen molar-refractivity contribution in [1.29, 1.82) is 0 Å². The van der Waals surface area contributed by atoms with Crippen molar-refractivity contribution in [2.75, 3.05) is 6.61 Å². The van der Waals surface area contributed by atoms with E-state index >= 15 is 0 Å². The zero-order chi connectivity index (χ0) is 15.4. The molecule has 1 heterocycles. The smallest absolute Gasteiger partial charge is 0.310 e. The zero-order valence-corrected chi connectivity index (χ0v) is 13.3. The van der Waals surface area contributed by atoms with Crippen molar-refractivity contribution in [1.82, 2.24) is 9.78 Å². The molecule has 5 heteroatoms. The van der Waals surface area contributed by atoms with Gasteiger partial charge in [0.05, 0.1) is 30.9 Å². The van der Waals surface area contributed by atoms with Gasteiger partial charge in [-0.15, -0.1) is 0 Å². The molecule has 21 heavy (non-hydrogen) atoms. The lowest BCUT2D eigenvalue weighted by Gasteiger charge is -2.22. The van der Waals surface area contributed by atoms with Gasteiger partial charge in [-0.05, 0) is 33.6 Å². The average Bonchev–Trinajstić information content (AvgIpc) is 2.62. The third-order valence-corrected chi connectivity index (χ3v) is 4.36. The molecule has 0 aliphatic heterocycles. The number of ether oxygens (including phenoxy) is 1.